The minimum atomic E-state index is -4.85. The molecular weight excluding hydrogens is 524 g/mol. The van der Waals surface area contributed by atoms with Crippen LogP contribution in [0.1, 0.15) is 28.5 Å². The second kappa shape index (κ2) is 11.2. The van der Waals surface area contributed by atoms with Gasteiger partial charge in [0.2, 0.25) is 0 Å². The van der Waals surface area contributed by atoms with Crippen LogP contribution < -0.4 is 19.5 Å². The Morgan fingerprint density at radius 1 is 1.15 bits per heavy atom. The van der Waals surface area contributed by atoms with Gasteiger partial charge in [-0.25, -0.2) is 4.39 Å². The summed E-state index contributed by atoms with van der Waals surface area (Å²) in [6.07, 6.45) is -2.44. The van der Waals surface area contributed by atoms with Crippen LogP contribution in [0.5, 0.6) is 17.2 Å². The highest BCUT2D eigenvalue weighted by atomic mass is 79.9. The first kappa shape index (κ1) is 25.3. The number of hydrogen-bond donors (Lipinski definition) is 1. The third-order valence-electron chi connectivity index (χ3n) is 4.57. The third kappa shape index (κ3) is 6.83. The highest BCUT2D eigenvalue weighted by molar-refractivity contribution is 9.10. The van der Waals surface area contributed by atoms with Gasteiger partial charge in [-0.3, -0.25) is 9.78 Å². The zero-order valence-electron chi connectivity index (χ0n) is 17.7. The summed E-state index contributed by atoms with van der Waals surface area (Å²) in [6.45, 7) is 0.563. The van der Waals surface area contributed by atoms with Gasteiger partial charge in [-0.1, -0.05) is 12.1 Å². The maximum atomic E-state index is 12.5. The van der Waals surface area contributed by atoms with Crippen LogP contribution in [0.4, 0.5) is 17.6 Å². The highest BCUT2D eigenvalue weighted by Crippen LogP contribution is 2.31. The number of carbonyl (C=O) groups is 1. The number of para-hydroxylation sites is 1. The number of hydrogen-bond acceptors (Lipinski definition) is 5. The standard InChI is InChI=1S/C16H15BrN2O3.C7H4F4O/c1-21-14-9-10(4-5-11(14)17)16(20)19-12-6-8-22-13-3-2-7-18-15(12)13;8-5-3-1-2-4-6(5)12-7(9,10)11/h2-5,7,9,12H,6,8H2,1H3,(H,19,20);1-4H. The molecule has 11 heteroatoms. The molecule has 1 aromatic heterocycles. The summed E-state index contributed by atoms with van der Waals surface area (Å²) in [4.78, 5) is 16.8. The molecule has 1 unspecified atom stereocenters. The number of pyridine rings is 1. The molecule has 1 aliphatic rings. The number of nitrogens with one attached hydrogen (secondary N) is 1. The van der Waals surface area contributed by atoms with E-state index in [1.165, 1.54) is 12.1 Å². The molecule has 34 heavy (non-hydrogen) atoms. The van der Waals surface area contributed by atoms with Crippen molar-refractivity contribution < 1.29 is 36.6 Å². The molecule has 1 atom stereocenters. The number of carbonyl (C=O) groups excluding carboxylic acids is 1. The monoisotopic (exact) mass is 542 g/mol. The average Bonchev–Trinajstić information content (AvgIpc) is 2.81. The maximum Gasteiger partial charge on any atom is 0.573 e. The Balaban J connectivity index is 0.000000229. The minimum absolute atomic E-state index is 0.146. The molecule has 3 aromatic rings. The molecular formula is C23H19BrF4N2O4. The van der Waals surface area contributed by atoms with E-state index in [0.29, 0.717) is 24.3 Å². The van der Waals surface area contributed by atoms with Crippen LogP contribution in [-0.2, 0) is 0 Å². The second-order valence-electron chi connectivity index (χ2n) is 6.88. The Morgan fingerprint density at radius 2 is 1.91 bits per heavy atom. The number of rotatable bonds is 4. The first-order valence-corrected chi connectivity index (χ1v) is 10.7. The van der Waals surface area contributed by atoms with E-state index in [4.69, 9.17) is 9.47 Å². The Labute approximate surface area is 201 Å². The van der Waals surface area contributed by atoms with E-state index in [9.17, 15) is 22.4 Å². The summed E-state index contributed by atoms with van der Waals surface area (Å²) < 4.78 is 62.0. The van der Waals surface area contributed by atoms with E-state index in [2.05, 4.69) is 31.0 Å². The number of alkyl halides is 3. The molecule has 0 saturated carbocycles. The smallest absolute Gasteiger partial charge is 0.496 e. The van der Waals surface area contributed by atoms with E-state index in [1.54, 1.807) is 31.5 Å². The van der Waals surface area contributed by atoms with Gasteiger partial charge in [-0.15, -0.1) is 13.2 Å². The number of fused-ring (bicyclic) bond motifs is 1. The maximum absolute atomic E-state index is 12.5. The lowest BCUT2D eigenvalue weighted by molar-refractivity contribution is -0.275. The molecule has 4 rings (SSSR count). The molecule has 0 fully saturated rings. The molecule has 1 N–H and O–H groups in total. The van der Waals surface area contributed by atoms with Crippen molar-refractivity contribution in [2.75, 3.05) is 13.7 Å². The van der Waals surface area contributed by atoms with E-state index >= 15 is 0 Å². The molecule has 0 saturated heterocycles. The van der Waals surface area contributed by atoms with Gasteiger partial charge < -0.3 is 19.5 Å². The fourth-order valence-corrected chi connectivity index (χ4v) is 3.45. The molecule has 1 aliphatic heterocycles. The quantitative estimate of drug-likeness (QED) is 0.420. The molecule has 1 amide bonds. The fraction of sp³-hybridized carbons (Fsp3) is 0.217. The highest BCUT2D eigenvalue weighted by Gasteiger charge is 2.32. The number of amides is 1. The molecule has 180 valence electrons. The normalized spacial score (nSPS) is 14.6. The summed E-state index contributed by atoms with van der Waals surface area (Å²) in [5.74, 6) is -0.653. The Morgan fingerprint density at radius 3 is 2.62 bits per heavy atom. The van der Waals surface area contributed by atoms with Crippen molar-refractivity contribution in [2.24, 2.45) is 0 Å². The Bertz CT molecular complexity index is 1140. The predicted octanol–water partition coefficient (Wildman–Crippen LogP) is 5.83. The van der Waals surface area contributed by atoms with Crippen molar-refractivity contribution in [3.05, 3.63) is 82.3 Å². The first-order chi connectivity index (χ1) is 16.2. The van der Waals surface area contributed by atoms with Gasteiger partial charge in [0, 0.05) is 18.2 Å². The topological polar surface area (TPSA) is 69.7 Å². The summed E-state index contributed by atoms with van der Waals surface area (Å²) in [5, 5.41) is 3.01. The number of ether oxygens (including phenoxy) is 3. The molecule has 6 nitrogen and oxygen atoms in total. The van der Waals surface area contributed by atoms with Gasteiger partial charge in [0.25, 0.3) is 5.91 Å². The molecule has 0 spiro atoms. The SMILES string of the molecule is COc1cc(C(=O)NC2CCOc3cccnc32)ccc1Br.Fc1ccccc1OC(F)(F)F. The van der Waals surface area contributed by atoms with Crippen LogP contribution in [0.3, 0.4) is 0 Å². The first-order valence-electron chi connectivity index (χ1n) is 9.90. The van der Waals surface area contributed by atoms with Gasteiger partial charge in [0.15, 0.2) is 11.6 Å². The van der Waals surface area contributed by atoms with Crippen molar-refractivity contribution >= 4 is 21.8 Å². The molecule has 2 aromatic carbocycles. The van der Waals surface area contributed by atoms with Crippen molar-refractivity contribution in [3.8, 4) is 17.2 Å². The number of nitrogens with zero attached hydrogens (tertiary/aromatic N) is 1. The van der Waals surface area contributed by atoms with Gasteiger partial charge in [-0.2, -0.15) is 0 Å². The molecule has 0 bridgehead atoms. The van der Waals surface area contributed by atoms with Gasteiger partial charge in [-0.05, 0) is 58.4 Å². The number of methoxy groups -OCH3 is 1. The fourth-order valence-electron chi connectivity index (χ4n) is 3.05. The number of benzene rings is 2. The van der Waals surface area contributed by atoms with Crippen molar-refractivity contribution in [2.45, 2.75) is 18.8 Å². The summed E-state index contributed by atoms with van der Waals surface area (Å²) >= 11 is 3.38. The van der Waals surface area contributed by atoms with E-state index in [1.807, 2.05) is 12.1 Å². The van der Waals surface area contributed by atoms with Crippen LogP contribution in [0, 0.1) is 5.82 Å². The van der Waals surface area contributed by atoms with Crippen molar-refractivity contribution in [1.82, 2.24) is 10.3 Å². The number of halogens is 5. The third-order valence-corrected chi connectivity index (χ3v) is 5.23. The van der Waals surface area contributed by atoms with Crippen molar-refractivity contribution in [1.29, 1.82) is 0 Å². The molecule has 0 radical (unpaired) electrons. The van der Waals surface area contributed by atoms with Crippen molar-refractivity contribution in [3.63, 3.8) is 0 Å². The van der Waals surface area contributed by atoms with Crippen LogP contribution in [0.15, 0.2) is 65.3 Å². The summed E-state index contributed by atoms with van der Waals surface area (Å²) in [5.41, 5.74) is 1.31. The lowest BCUT2D eigenvalue weighted by Gasteiger charge is -2.25. The lowest BCUT2D eigenvalue weighted by Crippen LogP contribution is -2.32. The minimum Gasteiger partial charge on any atom is -0.496 e. The largest absolute Gasteiger partial charge is 0.573 e. The van der Waals surface area contributed by atoms with Gasteiger partial charge >= 0.3 is 6.36 Å². The van der Waals surface area contributed by atoms with Crippen LogP contribution >= 0.6 is 15.9 Å². The van der Waals surface area contributed by atoms with E-state index in [-0.39, 0.29) is 11.9 Å². The average molecular weight is 543 g/mol. The van der Waals surface area contributed by atoms with Gasteiger partial charge in [0.05, 0.1) is 24.2 Å². The second-order valence-corrected chi connectivity index (χ2v) is 7.73. The Hall–Kier alpha value is -3.34. The summed E-state index contributed by atoms with van der Waals surface area (Å²) in [7, 11) is 1.57. The molecule has 2 heterocycles. The summed E-state index contributed by atoms with van der Waals surface area (Å²) in [6, 6.07) is 13.1. The number of aromatic nitrogens is 1. The molecule has 0 aliphatic carbocycles. The lowest BCUT2D eigenvalue weighted by atomic mass is 10.1. The van der Waals surface area contributed by atoms with E-state index in [0.717, 1.165) is 28.0 Å². The van der Waals surface area contributed by atoms with Crippen LogP contribution in [-0.4, -0.2) is 31.0 Å². The zero-order chi connectivity index (χ0) is 24.7. The van der Waals surface area contributed by atoms with Crippen LogP contribution in [0.25, 0.3) is 0 Å². The van der Waals surface area contributed by atoms with E-state index < -0.39 is 17.9 Å². The van der Waals surface area contributed by atoms with Gasteiger partial charge in [0.1, 0.15) is 17.2 Å². The zero-order valence-corrected chi connectivity index (χ0v) is 19.3. The Kier molecular flexibility index (Phi) is 8.32. The van der Waals surface area contributed by atoms with Crippen LogP contribution in [0.2, 0.25) is 0 Å². The predicted molar refractivity (Wildman–Crippen MR) is 118 cm³/mol.